The van der Waals surface area contributed by atoms with Crippen molar-refractivity contribution in [2.45, 2.75) is 38.6 Å². The van der Waals surface area contributed by atoms with E-state index in [9.17, 15) is 28.0 Å². The average Bonchev–Trinajstić information content (AvgIpc) is 3.52. The molecule has 1 aliphatic heterocycles. The number of ether oxygens (including phenoxy) is 1. The zero-order valence-corrected chi connectivity index (χ0v) is 16.0. The summed E-state index contributed by atoms with van der Waals surface area (Å²) in [6.45, 7) is 0.432. The van der Waals surface area contributed by atoms with Crippen molar-refractivity contribution in [2.75, 3.05) is 13.1 Å². The van der Waals surface area contributed by atoms with Crippen LogP contribution in [0, 0.1) is 34.0 Å². The summed E-state index contributed by atoms with van der Waals surface area (Å²) < 4.78 is 41.9. The van der Waals surface area contributed by atoms with Gasteiger partial charge in [-0.25, -0.2) is 0 Å². The monoisotopic (exact) mass is 420 g/mol. The van der Waals surface area contributed by atoms with E-state index in [-0.39, 0.29) is 30.1 Å². The Bertz CT molecular complexity index is 929. The summed E-state index contributed by atoms with van der Waals surface area (Å²) in [5.74, 6) is -1.71. The van der Waals surface area contributed by atoms with Crippen molar-refractivity contribution in [3.05, 3.63) is 29.3 Å². The number of nitrogens with one attached hydrogen (secondary N) is 1. The average molecular weight is 420 g/mol. The van der Waals surface area contributed by atoms with Crippen molar-refractivity contribution in [1.29, 1.82) is 10.5 Å². The molecular weight excluding hydrogens is 401 g/mol. The molecule has 0 unspecified atom stereocenters. The SMILES string of the molecule is N#Cc1ccc(CNC(=O)[C@@H]2CCCN(C(=O)C3(C#N)CC3)C2)c(OC(F)(F)F)c1. The van der Waals surface area contributed by atoms with E-state index in [0.29, 0.717) is 32.2 Å². The van der Waals surface area contributed by atoms with Gasteiger partial charge in [0.2, 0.25) is 11.8 Å². The van der Waals surface area contributed by atoms with E-state index < -0.39 is 29.4 Å². The lowest BCUT2D eigenvalue weighted by Crippen LogP contribution is -2.47. The second-order valence-corrected chi connectivity index (χ2v) is 7.48. The van der Waals surface area contributed by atoms with Crippen LogP contribution in [0.15, 0.2) is 18.2 Å². The van der Waals surface area contributed by atoms with Crippen LogP contribution in [0.2, 0.25) is 0 Å². The predicted octanol–water partition coefficient (Wildman–Crippen LogP) is 2.62. The number of hydrogen-bond donors (Lipinski definition) is 1. The van der Waals surface area contributed by atoms with E-state index in [1.165, 1.54) is 17.0 Å². The zero-order valence-electron chi connectivity index (χ0n) is 16.0. The van der Waals surface area contributed by atoms with Gasteiger partial charge in [-0.05, 0) is 37.8 Å². The van der Waals surface area contributed by atoms with Crippen LogP contribution in [-0.2, 0) is 16.1 Å². The number of alkyl halides is 3. The maximum Gasteiger partial charge on any atom is 0.573 e. The molecule has 3 rings (SSSR count). The number of nitrogens with zero attached hydrogens (tertiary/aromatic N) is 3. The highest BCUT2D eigenvalue weighted by Crippen LogP contribution is 2.47. The van der Waals surface area contributed by atoms with E-state index in [1.54, 1.807) is 6.07 Å². The van der Waals surface area contributed by atoms with Crippen LogP contribution < -0.4 is 10.1 Å². The number of halogens is 3. The molecule has 7 nitrogen and oxygen atoms in total. The largest absolute Gasteiger partial charge is 0.573 e. The van der Waals surface area contributed by atoms with Gasteiger partial charge >= 0.3 is 6.36 Å². The van der Waals surface area contributed by atoms with Crippen molar-refractivity contribution in [1.82, 2.24) is 10.2 Å². The number of rotatable bonds is 5. The third-order valence-corrected chi connectivity index (χ3v) is 5.33. The lowest BCUT2D eigenvalue weighted by molar-refractivity contribution is -0.274. The summed E-state index contributed by atoms with van der Waals surface area (Å²) in [4.78, 5) is 26.6. The number of carbonyl (C=O) groups is 2. The molecule has 1 aromatic carbocycles. The predicted molar refractivity (Wildman–Crippen MR) is 96.3 cm³/mol. The van der Waals surface area contributed by atoms with Gasteiger partial charge in [0.25, 0.3) is 0 Å². The standard InChI is InChI=1S/C20H19F3N4O3/c21-20(22,23)30-16-8-13(9-24)3-4-14(16)10-26-17(28)15-2-1-7-27(11-15)18(29)19(12-25)5-6-19/h3-4,8,15H,1-2,5-7,10-11H2,(H,26,28)/t15-/m1/s1. The van der Waals surface area contributed by atoms with Gasteiger partial charge in [0.05, 0.1) is 23.6 Å². The lowest BCUT2D eigenvalue weighted by Gasteiger charge is -2.33. The highest BCUT2D eigenvalue weighted by Gasteiger charge is 2.53. The summed E-state index contributed by atoms with van der Waals surface area (Å²) in [5.41, 5.74) is -0.882. The van der Waals surface area contributed by atoms with Crippen molar-refractivity contribution in [3.63, 3.8) is 0 Å². The number of piperidine rings is 1. The highest BCUT2D eigenvalue weighted by atomic mass is 19.4. The molecule has 1 N–H and O–H groups in total. The maximum atomic E-state index is 12.6. The number of carbonyl (C=O) groups excluding carboxylic acids is 2. The molecule has 0 bridgehead atoms. The van der Waals surface area contributed by atoms with Crippen molar-refractivity contribution < 1.29 is 27.5 Å². The van der Waals surface area contributed by atoms with E-state index in [0.717, 1.165) is 6.07 Å². The molecule has 1 aromatic rings. The van der Waals surface area contributed by atoms with Crippen LogP contribution in [0.25, 0.3) is 0 Å². The van der Waals surface area contributed by atoms with Crippen LogP contribution in [0.5, 0.6) is 5.75 Å². The van der Waals surface area contributed by atoms with E-state index in [4.69, 9.17) is 5.26 Å². The van der Waals surface area contributed by atoms with E-state index in [2.05, 4.69) is 16.1 Å². The van der Waals surface area contributed by atoms with Crippen LogP contribution >= 0.6 is 0 Å². The first kappa shape index (κ1) is 21.4. The van der Waals surface area contributed by atoms with Crippen molar-refractivity contribution in [3.8, 4) is 17.9 Å². The third-order valence-electron chi connectivity index (χ3n) is 5.33. The molecule has 1 atom stereocenters. The summed E-state index contributed by atoms with van der Waals surface area (Å²) >= 11 is 0. The van der Waals surface area contributed by atoms with Gasteiger partial charge in [-0.15, -0.1) is 13.2 Å². The van der Waals surface area contributed by atoms with Gasteiger partial charge in [-0.2, -0.15) is 10.5 Å². The molecule has 1 saturated heterocycles. The minimum absolute atomic E-state index is 0.00254. The number of benzene rings is 1. The fourth-order valence-electron chi connectivity index (χ4n) is 3.49. The lowest BCUT2D eigenvalue weighted by atomic mass is 9.95. The molecule has 2 fully saturated rings. The first-order valence-electron chi connectivity index (χ1n) is 9.44. The first-order valence-corrected chi connectivity index (χ1v) is 9.44. The van der Waals surface area contributed by atoms with Gasteiger partial charge in [0, 0.05) is 25.2 Å². The molecule has 2 amide bonds. The van der Waals surface area contributed by atoms with Gasteiger partial charge < -0.3 is 15.0 Å². The molecule has 0 spiro atoms. The number of nitriles is 2. The van der Waals surface area contributed by atoms with Gasteiger partial charge in [0.15, 0.2) is 0 Å². The van der Waals surface area contributed by atoms with Gasteiger partial charge in [-0.3, -0.25) is 9.59 Å². The molecule has 1 saturated carbocycles. The topological polar surface area (TPSA) is 106 Å². The molecule has 30 heavy (non-hydrogen) atoms. The normalized spacial score (nSPS) is 19.9. The molecule has 10 heteroatoms. The Kier molecular flexibility index (Phi) is 5.88. The van der Waals surface area contributed by atoms with E-state index in [1.807, 2.05) is 0 Å². The summed E-state index contributed by atoms with van der Waals surface area (Å²) in [7, 11) is 0. The van der Waals surface area contributed by atoms with E-state index >= 15 is 0 Å². The van der Waals surface area contributed by atoms with Gasteiger partial charge in [0.1, 0.15) is 11.2 Å². The Balaban J connectivity index is 1.63. The second kappa shape index (κ2) is 8.23. The first-order chi connectivity index (χ1) is 14.2. The molecule has 2 aliphatic rings. The highest BCUT2D eigenvalue weighted by molar-refractivity contribution is 5.89. The maximum absolute atomic E-state index is 12.6. The molecule has 158 valence electrons. The Morgan fingerprint density at radius 1 is 1.30 bits per heavy atom. The molecule has 0 radical (unpaired) electrons. The minimum Gasteiger partial charge on any atom is -0.405 e. The fourth-order valence-corrected chi connectivity index (χ4v) is 3.49. The molecule has 1 heterocycles. The van der Waals surface area contributed by atoms with Crippen LogP contribution in [0.3, 0.4) is 0 Å². The zero-order chi connectivity index (χ0) is 21.9. The summed E-state index contributed by atoms with van der Waals surface area (Å²) in [6.07, 6.45) is -2.75. The Morgan fingerprint density at radius 2 is 2.03 bits per heavy atom. The summed E-state index contributed by atoms with van der Waals surface area (Å²) in [5, 5.41) is 20.7. The Hall–Kier alpha value is -3.27. The van der Waals surface area contributed by atoms with Crippen molar-refractivity contribution >= 4 is 11.8 Å². The molecule has 0 aromatic heterocycles. The fraction of sp³-hybridized carbons (Fsp3) is 0.500. The van der Waals surface area contributed by atoms with Crippen LogP contribution in [-0.4, -0.2) is 36.2 Å². The van der Waals surface area contributed by atoms with Crippen LogP contribution in [0.4, 0.5) is 13.2 Å². The molecule has 1 aliphatic carbocycles. The van der Waals surface area contributed by atoms with Crippen LogP contribution in [0.1, 0.15) is 36.8 Å². The van der Waals surface area contributed by atoms with Crippen molar-refractivity contribution in [2.24, 2.45) is 11.3 Å². The number of amides is 2. The number of hydrogen-bond acceptors (Lipinski definition) is 5. The Morgan fingerprint density at radius 3 is 2.63 bits per heavy atom. The van der Waals surface area contributed by atoms with Gasteiger partial charge in [-0.1, -0.05) is 6.07 Å². The second-order valence-electron chi connectivity index (χ2n) is 7.48. The smallest absolute Gasteiger partial charge is 0.405 e. The quantitative estimate of drug-likeness (QED) is 0.788. The number of likely N-dealkylation sites (tertiary alicyclic amines) is 1. The Labute approximate surface area is 171 Å². The third kappa shape index (κ3) is 4.82. The minimum atomic E-state index is -4.93. The summed E-state index contributed by atoms with van der Waals surface area (Å²) in [6, 6.07) is 7.39. The molecular formula is C20H19F3N4O3.